The number of ether oxygens (including phenoxy) is 1. The second kappa shape index (κ2) is 6.72. The van der Waals surface area contributed by atoms with E-state index in [-0.39, 0.29) is 0 Å². The lowest BCUT2D eigenvalue weighted by atomic mass is 9.89. The van der Waals surface area contributed by atoms with E-state index in [1.54, 1.807) is 34.6 Å². The van der Waals surface area contributed by atoms with Gasteiger partial charge in [0.15, 0.2) is 0 Å². The van der Waals surface area contributed by atoms with Crippen LogP contribution in [0.5, 0.6) is 0 Å². The Hall–Kier alpha value is -1.59. The largest absolute Gasteiger partial charge is 0.480 e. The van der Waals surface area contributed by atoms with Crippen LogP contribution < -0.4 is 5.32 Å². The third kappa shape index (κ3) is 6.54. The minimum Gasteiger partial charge on any atom is -0.480 e. The van der Waals surface area contributed by atoms with Gasteiger partial charge in [-0.1, -0.05) is 20.8 Å². The summed E-state index contributed by atoms with van der Waals surface area (Å²) in [6.07, 6.45) is 0.176. The smallest absolute Gasteiger partial charge is 0.326 e. The SMILES string of the molecule is CCC(C)(C)C(=O)N[C@@H](CC(=O)OC(C)(C)C)C(=O)O. The van der Waals surface area contributed by atoms with Crippen LogP contribution in [0, 0.1) is 5.41 Å². The average molecular weight is 287 g/mol. The van der Waals surface area contributed by atoms with Gasteiger partial charge in [-0.05, 0) is 27.2 Å². The van der Waals surface area contributed by atoms with E-state index >= 15 is 0 Å². The topological polar surface area (TPSA) is 92.7 Å². The van der Waals surface area contributed by atoms with Crippen molar-refractivity contribution in [3.05, 3.63) is 0 Å². The fraction of sp³-hybridized carbons (Fsp3) is 0.786. The molecule has 0 saturated heterocycles. The number of esters is 1. The summed E-state index contributed by atoms with van der Waals surface area (Å²) in [7, 11) is 0. The first-order chi connectivity index (χ1) is 8.89. The molecular weight excluding hydrogens is 262 g/mol. The van der Waals surface area contributed by atoms with Gasteiger partial charge in [0.25, 0.3) is 0 Å². The highest BCUT2D eigenvalue weighted by molar-refractivity contribution is 5.89. The van der Waals surface area contributed by atoms with Gasteiger partial charge in [-0.3, -0.25) is 9.59 Å². The van der Waals surface area contributed by atoms with Crippen LogP contribution in [0.15, 0.2) is 0 Å². The van der Waals surface area contributed by atoms with Crippen LogP contribution in [0.1, 0.15) is 54.4 Å². The van der Waals surface area contributed by atoms with E-state index < -0.39 is 41.3 Å². The molecule has 20 heavy (non-hydrogen) atoms. The van der Waals surface area contributed by atoms with E-state index in [4.69, 9.17) is 9.84 Å². The zero-order valence-electron chi connectivity index (χ0n) is 13.1. The normalized spacial score (nSPS) is 13.5. The van der Waals surface area contributed by atoms with Crippen molar-refractivity contribution in [1.29, 1.82) is 0 Å². The first kappa shape index (κ1) is 18.4. The number of amides is 1. The number of hydrogen-bond donors (Lipinski definition) is 2. The molecule has 116 valence electrons. The minimum absolute atomic E-state index is 0.391. The Labute approximate surface area is 119 Å². The molecule has 0 radical (unpaired) electrons. The second-order valence-corrected chi connectivity index (χ2v) is 6.39. The van der Waals surface area contributed by atoms with Crippen LogP contribution in [0.4, 0.5) is 0 Å². The molecule has 0 bridgehead atoms. The number of aliphatic carboxylic acids is 1. The zero-order chi connectivity index (χ0) is 16.1. The van der Waals surface area contributed by atoms with Crippen molar-refractivity contribution < 1.29 is 24.2 Å². The van der Waals surface area contributed by atoms with E-state index in [9.17, 15) is 14.4 Å². The number of nitrogens with one attached hydrogen (secondary N) is 1. The lowest BCUT2D eigenvalue weighted by molar-refractivity contribution is -0.158. The molecule has 0 unspecified atom stereocenters. The highest BCUT2D eigenvalue weighted by atomic mass is 16.6. The maximum absolute atomic E-state index is 12.0. The molecule has 0 spiro atoms. The number of carboxylic acids is 1. The molecule has 6 heteroatoms. The monoisotopic (exact) mass is 287 g/mol. The van der Waals surface area contributed by atoms with Crippen LogP contribution in [0.2, 0.25) is 0 Å². The molecule has 6 nitrogen and oxygen atoms in total. The maximum Gasteiger partial charge on any atom is 0.326 e. The van der Waals surface area contributed by atoms with Gasteiger partial charge in [0.05, 0.1) is 6.42 Å². The van der Waals surface area contributed by atoms with E-state index in [1.165, 1.54) is 0 Å². The first-order valence-corrected chi connectivity index (χ1v) is 6.64. The van der Waals surface area contributed by atoms with Crippen molar-refractivity contribution in [1.82, 2.24) is 5.32 Å². The van der Waals surface area contributed by atoms with Crippen molar-refractivity contribution in [2.45, 2.75) is 66.0 Å². The molecule has 0 saturated carbocycles. The Morgan fingerprint density at radius 1 is 1.15 bits per heavy atom. The predicted octanol–water partition coefficient (Wildman–Crippen LogP) is 1.72. The highest BCUT2D eigenvalue weighted by Gasteiger charge is 2.32. The quantitative estimate of drug-likeness (QED) is 0.726. The molecule has 0 aromatic rings. The Bertz CT molecular complexity index is 382. The minimum atomic E-state index is -1.27. The van der Waals surface area contributed by atoms with Crippen molar-refractivity contribution in [2.24, 2.45) is 5.41 Å². The molecule has 0 aromatic heterocycles. The number of carbonyl (C=O) groups is 3. The Kier molecular flexibility index (Phi) is 6.19. The molecule has 1 amide bonds. The van der Waals surface area contributed by atoms with Crippen LogP contribution in [0.3, 0.4) is 0 Å². The Balaban J connectivity index is 4.73. The fourth-order valence-electron chi connectivity index (χ4n) is 1.26. The highest BCUT2D eigenvalue weighted by Crippen LogP contribution is 2.20. The van der Waals surface area contributed by atoms with E-state index in [0.717, 1.165) is 0 Å². The maximum atomic E-state index is 12.0. The van der Waals surface area contributed by atoms with E-state index in [1.807, 2.05) is 6.92 Å². The summed E-state index contributed by atoms with van der Waals surface area (Å²) in [6, 6.07) is -1.27. The summed E-state index contributed by atoms with van der Waals surface area (Å²) in [5.41, 5.74) is -1.37. The van der Waals surface area contributed by atoms with Crippen molar-refractivity contribution in [3.63, 3.8) is 0 Å². The Morgan fingerprint density at radius 2 is 1.65 bits per heavy atom. The van der Waals surface area contributed by atoms with Gasteiger partial charge in [0.1, 0.15) is 11.6 Å². The first-order valence-electron chi connectivity index (χ1n) is 6.64. The summed E-state index contributed by atoms with van der Waals surface area (Å²) in [4.78, 5) is 34.7. The summed E-state index contributed by atoms with van der Waals surface area (Å²) >= 11 is 0. The van der Waals surface area contributed by atoms with Gasteiger partial charge in [0.2, 0.25) is 5.91 Å². The molecule has 0 aliphatic heterocycles. The van der Waals surface area contributed by atoms with Gasteiger partial charge < -0.3 is 15.2 Å². The molecule has 0 aliphatic carbocycles. The zero-order valence-corrected chi connectivity index (χ0v) is 13.1. The van der Waals surface area contributed by atoms with E-state index in [0.29, 0.717) is 6.42 Å². The number of rotatable bonds is 6. The van der Waals surface area contributed by atoms with Gasteiger partial charge in [-0.25, -0.2) is 4.79 Å². The lowest BCUT2D eigenvalue weighted by Crippen LogP contribution is -2.47. The lowest BCUT2D eigenvalue weighted by Gasteiger charge is -2.25. The van der Waals surface area contributed by atoms with Crippen LogP contribution in [-0.4, -0.2) is 34.6 Å². The molecule has 2 N–H and O–H groups in total. The third-order valence-corrected chi connectivity index (χ3v) is 2.89. The molecule has 0 fully saturated rings. The van der Waals surface area contributed by atoms with Gasteiger partial charge in [-0.2, -0.15) is 0 Å². The molecule has 0 aromatic carbocycles. The van der Waals surface area contributed by atoms with Crippen LogP contribution in [0.25, 0.3) is 0 Å². The summed E-state index contributed by atoms with van der Waals surface area (Å²) in [6.45, 7) is 10.4. The predicted molar refractivity (Wildman–Crippen MR) is 74.1 cm³/mol. The van der Waals surface area contributed by atoms with Crippen LogP contribution >= 0.6 is 0 Å². The number of carbonyl (C=O) groups excluding carboxylic acids is 2. The third-order valence-electron chi connectivity index (χ3n) is 2.89. The Morgan fingerprint density at radius 3 is 2.00 bits per heavy atom. The molecule has 1 atom stereocenters. The van der Waals surface area contributed by atoms with E-state index in [2.05, 4.69) is 5.32 Å². The number of hydrogen-bond acceptors (Lipinski definition) is 4. The standard InChI is InChI=1S/C14H25NO5/c1-7-14(5,6)12(19)15-9(11(17)18)8-10(16)20-13(2,3)4/h9H,7-8H2,1-6H3,(H,15,19)(H,17,18)/t9-/m0/s1. The summed E-state index contributed by atoms with van der Waals surface area (Å²) < 4.78 is 5.06. The summed E-state index contributed by atoms with van der Waals surface area (Å²) in [5.74, 6) is -2.30. The average Bonchev–Trinajstić information content (AvgIpc) is 2.25. The molecule has 0 heterocycles. The fourth-order valence-corrected chi connectivity index (χ4v) is 1.26. The molecule has 0 rings (SSSR count). The van der Waals surface area contributed by atoms with Crippen molar-refractivity contribution >= 4 is 17.8 Å². The van der Waals surface area contributed by atoms with Gasteiger partial charge in [-0.15, -0.1) is 0 Å². The van der Waals surface area contributed by atoms with Gasteiger partial charge >= 0.3 is 11.9 Å². The van der Waals surface area contributed by atoms with Crippen molar-refractivity contribution in [2.75, 3.05) is 0 Å². The molecule has 0 aliphatic rings. The second-order valence-electron chi connectivity index (χ2n) is 6.39. The van der Waals surface area contributed by atoms with Gasteiger partial charge in [0, 0.05) is 5.41 Å². The molecular formula is C14H25NO5. The number of carboxylic acid groups (broad SMARTS) is 1. The summed E-state index contributed by atoms with van der Waals surface area (Å²) in [5, 5.41) is 11.5. The van der Waals surface area contributed by atoms with Crippen LogP contribution in [-0.2, 0) is 19.1 Å². The van der Waals surface area contributed by atoms with Crippen molar-refractivity contribution in [3.8, 4) is 0 Å².